The molecule has 40 heavy (non-hydrogen) atoms. The largest absolute Gasteiger partial charge is 0.309 e. The lowest BCUT2D eigenvalue weighted by atomic mass is 9.94. The Bertz CT molecular complexity index is 2280. The lowest BCUT2D eigenvalue weighted by Crippen LogP contribution is -2.26. The zero-order valence-corrected chi connectivity index (χ0v) is 22.4. The van der Waals surface area contributed by atoms with E-state index < -0.39 is 7.14 Å². The van der Waals surface area contributed by atoms with Gasteiger partial charge in [-0.2, -0.15) is 0 Å². The van der Waals surface area contributed by atoms with Crippen molar-refractivity contribution < 1.29 is 4.57 Å². The van der Waals surface area contributed by atoms with Crippen LogP contribution in [0.15, 0.2) is 134 Å². The van der Waals surface area contributed by atoms with Crippen molar-refractivity contribution in [3.63, 3.8) is 0 Å². The van der Waals surface area contributed by atoms with Crippen molar-refractivity contribution in [2.45, 2.75) is 0 Å². The first-order valence-corrected chi connectivity index (χ1v) is 15.3. The molecule has 3 heteroatoms. The quantitative estimate of drug-likeness (QED) is 0.170. The van der Waals surface area contributed by atoms with Crippen molar-refractivity contribution in [2.24, 2.45) is 0 Å². The van der Waals surface area contributed by atoms with Gasteiger partial charge in [0, 0.05) is 28.3 Å². The van der Waals surface area contributed by atoms with Crippen LogP contribution in [0.3, 0.4) is 0 Å². The van der Waals surface area contributed by atoms with Gasteiger partial charge >= 0.3 is 0 Å². The van der Waals surface area contributed by atoms with Gasteiger partial charge in [-0.25, -0.2) is 0 Å². The number of nitrogens with zero attached hydrogens (tertiary/aromatic N) is 1. The van der Waals surface area contributed by atoms with Crippen LogP contribution in [0.2, 0.25) is 0 Å². The molecule has 0 unspecified atom stereocenters. The van der Waals surface area contributed by atoms with E-state index in [-0.39, 0.29) is 0 Å². The molecule has 186 valence electrons. The second-order valence-electron chi connectivity index (χ2n) is 10.7. The standard InChI is InChI=1S/C37H22NOP/c39-40(29-8-3-21-38-22-29,32-19-15-27-11-9-23-4-1-6-25-13-17-30(32)36(27)34(23)25)33-20-16-28-12-10-24-5-2-7-26-14-18-31(33)37(28)35(24)26/h1-22H. The van der Waals surface area contributed by atoms with Gasteiger partial charge in [0.05, 0.1) is 0 Å². The Hall–Kier alpha value is -4.78. The molecule has 9 aromatic rings. The van der Waals surface area contributed by atoms with E-state index in [4.69, 9.17) is 0 Å². The van der Waals surface area contributed by atoms with Gasteiger partial charge in [0.2, 0.25) is 0 Å². The third kappa shape index (κ3) is 2.79. The topological polar surface area (TPSA) is 30.0 Å². The molecule has 1 aromatic heterocycles. The number of pyridine rings is 1. The maximum atomic E-state index is 16.1. The molecule has 0 saturated heterocycles. The summed E-state index contributed by atoms with van der Waals surface area (Å²) >= 11 is 0. The predicted octanol–water partition coefficient (Wildman–Crippen LogP) is 8.52. The highest BCUT2D eigenvalue weighted by molar-refractivity contribution is 7.86. The Morgan fingerprint density at radius 1 is 0.425 bits per heavy atom. The highest BCUT2D eigenvalue weighted by Crippen LogP contribution is 2.49. The fourth-order valence-electron chi connectivity index (χ4n) is 6.94. The van der Waals surface area contributed by atoms with Gasteiger partial charge < -0.3 is 4.57 Å². The van der Waals surface area contributed by atoms with Crippen LogP contribution >= 0.6 is 7.14 Å². The Balaban J connectivity index is 1.47. The monoisotopic (exact) mass is 527 g/mol. The van der Waals surface area contributed by atoms with Crippen LogP contribution in [0.5, 0.6) is 0 Å². The lowest BCUT2D eigenvalue weighted by molar-refractivity contribution is 0.592. The molecule has 0 N–H and O–H groups in total. The van der Waals surface area contributed by atoms with Crippen molar-refractivity contribution >= 4 is 87.7 Å². The third-order valence-corrected chi connectivity index (χ3v) is 11.8. The Morgan fingerprint density at radius 2 is 0.850 bits per heavy atom. The number of hydrogen-bond donors (Lipinski definition) is 0. The van der Waals surface area contributed by atoms with E-state index in [2.05, 4.69) is 114 Å². The summed E-state index contributed by atoms with van der Waals surface area (Å²) in [4.78, 5) is 4.45. The molecule has 0 radical (unpaired) electrons. The number of aromatic nitrogens is 1. The van der Waals surface area contributed by atoms with Crippen molar-refractivity contribution in [3.05, 3.63) is 134 Å². The number of rotatable bonds is 3. The second-order valence-corrected chi connectivity index (χ2v) is 13.4. The van der Waals surface area contributed by atoms with Crippen molar-refractivity contribution in [3.8, 4) is 0 Å². The van der Waals surface area contributed by atoms with Crippen molar-refractivity contribution in [2.75, 3.05) is 0 Å². The van der Waals surface area contributed by atoms with Crippen LogP contribution in [0.1, 0.15) is 0 Å². The highest BCUT2D eigenvalue weighted by Gasteiger charge is 2.34. The van der Waals surface area contributed by atoms with E-state index in [1.807, 2.05) is 12.1 Å². The Labute approximate surface area is 230 Å². The summed E-state index contributed by atoms with van der Waals surface area (Å²) in [5, 5.41) is 16.5. The number of hydrogen-bond acceptors (Lipinski definition) is 2. The Kier molecular flexibility index (Phi) is 4.35. The molecule has 0 amide bonds. The normalized spacial score (nSPS) is 12.6. The van der Waals surface area contributed by atoms with Gasteiger partial charge in [-0.3, -0.25) is 4.98 Å². The molecular weight excluding hydrogens is 505 g/mol. The Morgan fingerprint density at radius 3 is 1.30 bits per heavy atom. The molecule has 0 aliphatic heterocycles. The molecule has 0 aliphatic carbocycles. The van der Waals surface area contributed by atoms with E-state index in [9.17, 15) is 0 Å². The fourth-order valence-corrected chi connectivity index (χ4v) is 9.90. The molecule has 0 fully saturated rings. The van der Waals surface area contributed by atoms with E-state index in [0.29, 0.717) is 0 Å². The first-order valence-electron chi connectivity index (χ1n) is 13.6. The first-order chi connectivity index (χ1) is 19.7. The smallest absolute Gasteiger partial charge is 0.173 e. The summed E-state index contributed by atoms with van der Waals surface area (Å²) in [7, 11) is -3.36. The van der Waals surface area contributed by atoms with Gasteiger partial charge in [0.25, 0.3) is 0 Å². The van der Waals surface area contributed by atoms with Gasteiger partial charge in [0.15, 0.2) is 7.14 Å². The summed E-state index contributed by atoms with van der Waals surface area (Å²) in [5.41, 5.74) is 0. The minimum atomic E-state index is -3.36. The van der Waals surface area contributed by atoms with E-state index in [1.165, 1.54) is 43.1 Å². The predicted molar refractivity (Wildman–Crippen MR) is 171 cm³/mol. The van der Waals surface area contributed by atoms with E-state index in [0.717, 1.165) is 37.5 Å². The maximum Gasteiger partial charge on any atom is 0.173 e. The maximum absolute atomic E-state index is 16.1. The van der Waals surface area contributed by atoms with Crippen LogP contribution in [0, 0.1) is 0 Å². The van der Waals surface area contributed by atoms with E-state index in [1.54, 1.807) is 12.4 Å². The van der Waals surface area contributed by atoms with E-state index >= 15 is 4.57 Å². The number of benzene rings is 8. The molecule has 0 saturated carbocycles. The summed E-state index contributed by atoms with van der Waals surface area (Å²) in [6.07, 6.45) is 3.54. The molecular formula is C37H22NOP. The summed E-state index contributed by atoms with van der Waals surface area (Å²) in [6.45, 7) is 0. The molecule has 0 spiro atoms. The van der Waals surface area contributed by atoms with Crippen molar-refractivity contribution in [1.29, 1.82) is 0 Å². The minimum absolute atomic E-state index is 0.750. The summed E-state index contributed by atoms with van der Waals surface area (Å²) in [6, 6.07) is 42.6. The fraction of sp³-hybridized carbons (Fsp3) is 0. The van der Waals surface area contributed by atoms with Crippen LogP contribution in [0.4, 0.5) is 0 Å². The minimum Gasteiger partial charge on any atom is -0.309 e. The highest BCUT2D eigenvalue weighted by atomic mass is 31.2. The molecule has 0 bridgehead atoms. The van der Waals surface area contributed by atoms with Gasteiger partial charge in [-0.15, -0.1) is 0 Å². The average Bonchev–Trinajstić information content (AvgIpc) is 3.02. The van der Waals surface area contributed by atoms with Gasteiger partial charge in [0.1, 0.15) is 0 Å². The van der Waals surface area contributed by atoms with Gasteiger partial charge in [-0.05, 0) is 88.9 Å². The van der Waals surface area contributed by atoms with Crippen LogP contribution in [0.25, 0.3) is 64.6 Å². The molecule has 8 aromatic carbocycles. The zero-order valence-electron chi connectivity index (χ0n) is 21.5. The van der Waals surface area contributed by atoms with Gasteiger partial charge in [-0.1, -0.05) is 97.1 Å². The molecule has 9 rings (SSSR count). The SMILES string of the molecule is O=P(c1cccnc1)(c1ccc2ccc3cccc4ccc1c2c34)c1ccc2ccc3cccc4ccc1c2c34. The third-order valence-electron chi connectivity index (χ3n) is 8.70. The van der Waals surface area contributed by atoms with Crippen LogP contribution in [-0.2, 0) is 4.57 Å². The second kappa shape index (κ2) is 7.88. The van der Waals surface area contributed by atoms with Crippen molar-refractivity contribution in [1.82, 2.24) is 4.98 Å². The molecule has 0 atom stereocenters. The molecule has 0 aliphatic rings. The molecule has 2 nitrogen and oxygen atoms in total. The average molecular weight is 528 g/mol. The molecule has 1 heterocycles. The lowest BCUT2D eigenvalue weighted by Gasteiger charge is -2.25. The van der Waals surface area contributed by atoms with Crippen LogP contribution in [-0.4, -0.2) is 4.98 Å². The summed E-state index contributed by atoms with van der Waals surface area (Å²) in [5.74, 6) is 0. The summed E-state index contributed by atoms with van der Waals surface area (Å²) < 4.78 is 16.1. The first kappa shape index (κ1) is 22.1. The van der Waals surface area contributed by atoms with Crippen LogP contribution < -0.4 is 15.9 Å². The zero-order chi connectivity index (χ0) is 26.4.